The van der Waals surface area contributed by atoms with E-state index in [4.69, 9.17) is 4.74 Å². The second kappa shape index (κ2) is 8.94. The number of benzene rings is 1. The molecule has 0 spiro atoms. The van der Waals surface area contributed by atoms with E-state index in [9.17, 15) is 18.3 Å². The number of halogens is 3. The molecule has 1 rings (SSSR count). The summed E-state index contributed by atoms with van der Waals surface area (Å²) in [7, 11) is 0. The topological polar surface area (TPSA) is 65.9 Å². The highest BCUT2D eigenvalue weighted by Crippen LogP contribution is 2.31. The molecule has 5 nitrogen and oxygen atoms in total. The molecule has 0 saturated heterocycles. The van der Waals surface area contributed by atoms with Crippen LogP contribution in [0.3, 0.4) is 0 Å². The van der Waals surface area contributed by atoms with Crippen LogP contribution in [0.1, 0.15) is 33.3 Å². The first-order chi connectivity index (χ1) is 11.5. The van der Waals surface area contributed by atoms with Crippen molar-refractivity contribution in [3.8, 4) is 5.75 Å². The van der Waals surface area contributed by atoms with Crippen LogP contribution in [-0.2, 0) is 6.18 Å². The highest BCUT2D eigenvalue weighted by atomic mass is 19.4. The lowest BCUT2D eigenvalue weighted by Gasteiger charge is -2.24. The van der Waals surface area contributed by atoms with E-state index in [2.05, 4.69) is 15.6 Å². The smallest absolute Gasteiger partial charge is 0.416 e. The fourth-order valence-electron chi connectivity index (χ4n) is 1.87. The Morgan fingerprint density at radius 2 is 1.96 bits per heavy atom. The van der Waals surface area contributed by atoms with Crippen molar-refractivity contribution in [2.75, 3.05) is 19.7 Å². The van der Waals surface area contributed by atoms with Gasteiger partial charge < -0.3 is 20.5 Å². The van der Waals surface area contributed by atoms with Gasteiger partial charge >= 0.3 is 6.18 Å². The number of rotatable bonds is 6. The zero-order valence-corrected chi connectivity index (χ0v) is 14.9. The van der Waals surface area contributed by atoms with E-state index in [0.29, 0.717) is 12.5 Å². The van der Waals surface area contributed by atoms with Gasteiger partial charge in [-0.1, -0.05) is 6.07 Å². The van der Waals surface area contributed by atoms with Gasteiger partial charge in [0.05, 0.1) is 12.1 Å². The number of nitrogens with one attached hydrogen (secondary N) is 2. The maximum Gasteiger partial charge on any atom is 0.416 e. The van der Waals surface area contributed by atoms with Crippen LogP contribution in [0.4, 0.5) is 13.2 Å². The Labute approximate surface area is 146 Å². The molecule has 1 aromatic rings. The Balaban J connectivity index is 2.59. The minimum Gasteiger partial charge on any atom is -0.491 e. The molecule has 25 heavy (non-hydrogen) atoms. The molecule has 0 heterocycles. The third kappa shape index (κ3) is 8.62. The first kappa shape index (κ1) is 21.1. The molecule has 0 fully saturated rings. The van der Waals surface area contributed by atoms with Crippen molar-refractivity contribution in [2.24, 2.45) is 4.99 Å². The van der Waals surface area contributed by atoms with Gasteiger partial charge in [0.1, 0.15) is 18.5 Å². The minimum atomic E-state index is -4.43. The summed E-state index contributed by atoms with van der Waals surface area (Å²) in [6.07, 6.45) is -5.37. The van der Waals surface area contributed by atoms with Crippen LogP contribution in [-0.4, -0.2) is 42.4 Å². The van der Waals surface area contributed by atoms with Crippen LogP contribution >= 0.6 is 0 Å². The second-order valence-electron chi connectivity index (χ2n) is 6.59. The fourth-order valence-corrected chi connectivity index (χ4v) is 1.87. The van der Waals surface area contributed by atoms with Gasteiger partial charge in [-0.3, -0.25) is 4.99 Å². The summed E-state index contributed by atoms with van der Waals surface area (Å²) in [6, 6.07) is 4.55. The second-order valence-corrected chi connectivity index (χ2v) is 6.59. The number of ether oxygens (including phenoxy) is 1. The van der Waals surface area contributed by atoms with Gasteiger partial charge in [0.25, 0.3) is 0 Å². The molecule has 3 N–H and O–H groups in total. The highest BCUT2D eigenvalue weighted by molar-refractivity contribution is 5.80. The molecule has 0 amide bonds. The molecular formula is C17H26F3N3O2. The first-order valence-electron chi connectivity index (χ1n) is 8.06. The van der Waals surface area contributed by atoms with Crippen molar-refractivity contribution in [3.05, 3.63) is 29.8 Å². The molecule has 0 radical (unpaired) electrons. The van der Waals surface area contributed by atoms with E-state index in [1.165, 1.54) is 12.1 Å². The average molecular weight is 361 g/mol. The summed E-state index contributed by atoms with van der Waals surface area (Å²) in [5.41, 5.74) is -0.984. The van der Waals surface area contributed by atoms with Crippen LogP contribution in [0.2, 0.25) is 0 Å². The first-order valence-corrected chi connectivity index (χ1v) is 8.06. The van der Waals surface area contributed by atoms with Crippen LogP contribution in [0.15, 0.2) is 29.3 Å². The van der Waals surface area contributed by atoms with Crippen molar-refractivity contribution < 1.29 is 23.0 Å². The molecule has 0 aliphatic rings. The van der Waals surface area contributed by atoms with Gasteiger partial charge in [0.15, 0.2) is 5.96 Å². The van der Waals surface area contributed by atoms with E-state index >= 15 is 0 Å². The predicted octanol–water partition coefficient (Wildman–Crippen LogP) is 2.80. The number of aliphatic hydroxyl groups excluding tert-OH is 1. The fraction of sp³-hybridized carbons (Fsp3) is 0.588. The van der Waals surface area contributed by atoms with Gasteiger partial charge in [-0.15, -0.1) is 0 Å². The van der Waals surface area contributed by atoms with E-state index in [0.717, 1.165) is 12.1 Å². The van der Waals surface area contributed by atoms with Crippen molar-refractivity contribution in [1.82, 2.24) is 10.6 Å². The number of aliphatic imine (C=N–C) groups is 1. The van der Waals surface area contributed by atoms with Crippen molar-refractivity contribution in [2.45, 2.75) is 45.5 Å². The molecule has 0 saturated carbocycles. The summed E-state index contributed by atoms with van der Waals surface area (Å²) in [4.78, 5) is 4.25. The SMILES string of the molecule is CCNC(=NCC(O)COc1cccc(C(F)(F)F)c1)NC(C)(C)C. The van der Waals surface area contributed by atoms with E-state index < -0.39 is 17.8 Å². The Bertz CT molecular complexity index is 569. The van der Waals surface area contributed by atoms with Gasteiger partial charge in [-0.25, -0.2) is 0 Å². The van der Waals surface area contributed by atoms with Crippen LogP contribution in [0.5, 0.6) is 5.75 Å². The zero-order valence-electron chi connectivity index (χ0n) is 14.9. The van der Waals surface area contributed by atoms with E-state index in [1.807, 2.05) is 27.7 Å². The third-order valence-corrected chi connectivity index (χ3v) is 2.90. The molecule has 142 valence electrons. The number of nitrogens with zero attached hydrogens (tertiary/aromatic N) is 1. The Hall–Kier alpha value is -1.96. The van der Waals surface area contributed by atoms with Crippen LogP contribution < -0.4 is 15.4 Å². The molecule has 1 atom stereocenters. The van der Waals surface area contributed by atoms with E-state index in [-0.39, 0.29) is 24.4 Å². The number of hydrogen-bond acceptors (Lipinski definition) is 3. The van der Waals surface area contributed by atoms with Crippen molar-refractivity contribution in [1.29, 1.82) is 0 Å². The van der Waals surface area contributed by atoms with Gasteiger partial charge in [-0.05, 0) is 45.9 Å². The summed E-state index contributed by atoms with van der Waals surface area (Å²) in [6.45, 7) is 8.43. The standard InChI is InChI=1S/C17H26F3N3O2/c1-5-21-15(23-16(2,3)4)22-10-13(24)11-25-14-8-6-7-12(9-14)17(18,19)20/h6-9,13,24H,5,10-11H2,1-4H3,(H2,21,22,23). The molecule has 1 unspecified atom stereocenters. The van der Waals surface area contributed by atoms with E-state index in [1.54, 1.807) is 0 Å². The quantitative estimate of drug-likeness (QED) is 0.538. The molecule has 0 bridgehead atoms. The van der Waals surface area contributed by atoms with Crippen LogP contribution in [0, 0.1) is 0 Å². The Morgan fingerprint density at radius 1 is 1.28 bits per heavy atom. The summed E-state index contributed by atoms with van der Waals surface area (Å²) >= 11 is 0. The Morgan fingerprint density at radius 3 is 2.52 bits per heavy atom. The molecule has 1 aromatic carbocycles. The number of aliphatic hydroxyl groups is 1. The van der Waals surface area contributed by atoms with Gasteiger partial charge in [0.2, 0.25) is 0 Å². The maximum absolute atomic E-state index is 12.6. The number of guanidine groups is 1. The lowest BCUT2D eigenvalue weighted by atomic mass is 10.1. The lowest BCUT2D eigenvalue weighted by molar-refractivity contribution is -0.137. The number of alkyl halides is 3. The molecule has 8 heteroatoms. The van der Waals surface area contributed by atoms with Crippen molar-refractivity contribution >= 4 is 5.96 Å². The molecular weight excluding hydrogens is 335 g/mol. The van der Waals surface area contributed by atoms with Gasteiger partial charge in [0, 0.05) is 12.1 Å². The predicted molar refractivity (Wildman–Crippen MR) is 91.8 cm³/mol. The molecule has 0 aliphatic heterocycles. The van der Waals surface area contributed by atoms with Crippen molar-refractivity contribution in [3.63, 3.8) is 0 Å². The minimum absolute atomic E-state index is 0.0533. The zero-order chi connectivity index (χ0) is 19.1. The normalized spacial score (nSPS) is 14.2. The molecule has 0 aliphatic carbocycles. The summed E-state index contributed by atoms with van der Waals surface area (Å²) in [5.74, 6) is 0.602. The Kier molecular flexibility index (Phi) is 7.54. The largest absolute Gasteiger partial charge is 0.491 e. The average Bonchev–Trinajstić information content (AvgIpc) is 2.49. The number of hydrogen-bond donors (Lipinski definition) is 3. The van der Waals surface area contributed by atoms with Gasteiger partial charge in [-0.2, -0.15) is 13.2 Å². The summed E-state index contributed by atoms with van der Waals surface area (Å²) < 4.78 is 43.2. The lowest BCUT2D eigenvalue weighted by Crippen LogP contribution is -2.48. The maximum atomic E-state index is 12.6. The third-order valence-electron chi connectivity index (χ3n) is 2.90. The van der Waals surface area contributed by atoms with Crippen LogP contribution in [0.25, 0.3) is 0 Å². The molecule has 0 aromatic heterocycles. The summed E-state index contributed by atoms with van der Waals surface area (Å²) in [5, 5.41) is 16.2. The monoisotopic (exact) mass is 361 g/mol. The highest BCUT2D eigenvalue weighted by Gasteiger charge is 2.30.